The number of carboxylic acid groups (broad SMARTS) is 1. The molecule has 97 heavy (non-hydrogen) atoms. The van der Waals surface area contributed by atoms with Gasteiger partial charge < -0.3 is 57.4 Å². The number of carbonyl (C=O) groups is 3. The highest BCUT2D eigenvalue weighted by Gasteiger charge is 2.50. The first-order valence-electron chi connectivity index (χ1n) is 31.7. The molecule has 5 aromatic rings. The van der Waals surface area contributed by atoms with E-state index in [0.717, 1.165) is 119 Å². The molecule has 527 valence electrons. The van der Waals surface area contributed by atoms with Gasteiger partial charge in [0, 0.05) is 64.2 Å². The van der Waals surface area contributed by atoms with Crippen LogP contribution >= 0.6 is 35.6 Å². The molecule has 1 radical (unpaired) electrons. The number of benzene rings is 5. The van der Waals surface area contributed by atoms with Crippen molar-refractivity contribution in [2.75, 3.05) is 78.7 Å². The van der Waals surface area contributed by atoms with Crippen LogP contribution in [0.2, 0.25) is 10.0 Å². The topological polar surface area (TPSA) is 200 Å². The molecule has 0 aliphatic carbocycles. The Morgan fingerprint density at radius 1 is 0.608 bits per heavy atom. The fourth-order valence-corrected chi connectivity index (χ4v) is 13.4. The van der Waals surface area contributed by atoms with E-state index in [1.165, 1.54) is 47.5 Å². The summed E-state index contributed by atoms with van der Waals surface area (Å²) in [6.45, 7) is 24.0. The highest BCUT2D eigenvalue weighted by molar-refractivity contribution is 7.88. The Kier molecular flexibility index (Phi) is 26.5. The largest absolute Gasteiger partial charge is 0.569 e. The summed E-state index contributed by atoms with van der Waals surface area (Å²) < 4.78 is 124. The maximum Gasteiger partial charge on any atom is 0.569 e. The van der Waals surface area contributed by atoms with E-state index in [4.69, 9.17) is 57.0 Å². The van der Waals surface area contributed by atoms with E-state index in [1.54, 1.807) is 24.3 Å². The summed E-state index contributed by atoms with van der Waals surface area (Å²) in [7, 11) is -5.35. The number of halogens is 8. The molecule has 6 heterocycles. The number of rotatable bonds is 16. The quantitative estimate of drug-likeness (QED) is 0.0236. The van der Waals surface area contributed by atoms with Crippen LogP contribution in [-0.4, -0.2) is 154 Å². The van der Waals surface area contributed by atoms with Gasteiger partial charge in [0.2, 0.25) is 0 Å². The summed E-state index contributed by atoms with van der Waals surface area (Å²) in [5, 5.41) is 17.6. The Morgan fingerprint density at radius 3 is 1.43 bits per heavy atom. The number of piperidine rings is 3. The molecule has 3 spiro atoms. The van der Waals surface area contributed by atoms with E-state index in [2.05, 4.69) is 54.4 Å². The third-order valence-corrected chi connectivity index (χ3v) is 19.2. The number of aliphatic carboxylic acids is 1. The first kappa shape index (κ1) is 77.7. The lowest BCUT2D eigenvalue weighted by molar-refractivity contribution is -0.156. The van der Waals surface area contributed by atoms with Crippen LogP contribution < -0.4 is 23.0 Å². The minimum atomic E-state index is -5.73. The molecule has 0 unspecified atom stereocenters. The van der Waals surface area contributed by atoms with Crippen LogP contribution in [0.4, 0.5) is 22.0 Å². The predicted octanol–water partition coefficient (Wildman–Crippen LogP) is 13.8. The minimum Gasteiger partial charge on any atom is -0.534 e. The summed E-state index contributed by atoms with van der Waals surface area (Å²) >= 11 is 11.6. The summed E-state index contributed by atoms with van der Waals surface area (Å²) in [5.74, 6) is -0.454. The van der Waals surface area contributed by atoms with E-state index in [0.29, 0.717) is 63.2 Å². The zero-order valence-corrected chi connectivity index (χ0v) is 58.3. The fourth-order valence-electron chi connectivity index (χ4n) is 12.5. The van der Waals surface area contributed by atoms with Gasteiger partial charge in [-0.1, -0.05) is 84.4 Å². The van der Waals surface area contributed by atoms with E-state index in [9.17, 15) is 44.8 Å². The molecule has 3 saturated heterocycles. The van der Waals surface area contributed by atoms with Crippen molar-refractivity contribution < 1.29 is 87.4 Å². The Hall–Kier alpha value is -6.64. The standard InChI is InChI=1S/C23H23ClFNO3.C21H29NO3.C20H26F3NO6S.C6H4BClFO2.ClH/c24-19-2-1-3-20(25)17(19)6-4-16-5-7-18-21(14-16)29-15-23(18)9-12-26(13-10-23)11-8-22(27)28;1-5-16-6-7-17-18(14-16)24-15-21(17)9-12-22(13-10-21)11-8-19(23)25-20(2,3)4;1-18(2,3)29-17(25)6-9-24-10-7-19(8-11-24)13-28-16-12-14(4-5-15(16)19)30-31(26,27)20(21,22)23;8-4-2-1-3-5(9)6(4)11-7-10;/h1-7,14H,8-13,15H2,(H,27,28);5-7,14H,1,8-13,15H2,2-4H3;4-5,12H,6-11,13H2,1-3H3;1-3,10H;1H/b6-4+;;;;. The molecule has 5 aromatic carbocycles. The zero-order valence-electron chi connectivity index (χ0n) is 55.1. The van der Waals surface area contributed by atoms with Crippen molar-refractivity contribution in [1.29, 1.82) is 0 Å². The van der Waals surface area contributed by atoms with Gasteiger partial charge in [0.1, 0.15) is 40.0 Å². The SMILES string of the molecule is C=Cc1ccc2c(c1)OCC21CCN(CCC(=O)OC(C)(C)C)CC1.CC(C)(C)OC(=O)CCN1CCC2(CC1)COc1cc(OS(=O)(=O)C(F)(F)F)ccc12.Cl.O=C(O)CCN1CCC2(CC1)COc1cc(/C=C/c3c(F)cccc3Cl)ccc12.O[B]Oc1c(F)cccc1Cl. The number of fused-ring (bicyclic) bond motifs is 6. The monoisotopic (exact) mass is 1430 g/mol. The van der Waals surface area contributed by atoms with Crippen LogP contribution in [0, 0.1) is 11.6 Å². The third kappa shape index (κ3) is 20.7. The van der Waals surface area contributed by atoms with E-state index >= 15 is 0 Å². The number of nitrogens with zero attached hydrogens (tertiary/aromatic N) is 3. The number of likely N-dealkylation sites (tertiary alicyclic amines) is 3. The lowest BCUT2D eigenvalue weighted by Gasteiger charge is -2.38. The number of para-hydroxylation sites is 1. The fraction of sp³-hybridized carbons (Fsp3) is 0.471. The number of carbonyl (C=O) groups excluding carboxylic acids is 2. The van der Waals surface area contributed by atoms with Gasteiger partial charge in [-0.25, -0.2) is 8.78 Å². The molecule has 0 bridgehead atoms. The molecule has 6 aliphatic heterocycles. The molecule has 2 N–H and O–H groups in total. The van der Waals surface area contributed by atoms with Gasteiger partial charge in [-0.2, -0.15) is 21.6 Å². The van der Waals surface area contributed by atoms with Crippen LogP contribution in [0.15, 0.2) is 97.6 Å². The second-order valence-corrected chi connectivity index (χ2v) is 29.0. The van der Waals surface area contributed by atoms with Crippen molar-refractivity contribution >= 4 is 89.5 Å². The van der Waals surface area contributed by atoms with Crippen LogP contribution in [0.3, 0.4) is 0 Å². The molecule has 3 fully saturated rings. The molecule has 6 aliphatic rings. The number of carboxylic acids is 1. The number of alkyl halides is 3. The van der Waals surface area contributed by atoms with Crippen molar-refractivity contribution in [2.45, 2.75) is 132 Å². The Labute approximate surface area is 580 Å². The van der Waals surface area contributed by atoms with Gasteiger partial charge in [-0.15, -0.1) is 12.4 Å². The second-order valence-electron chi connectivity index (χ2n) is 26.6. The van der Waals surface area contributed by atoms with Crippen LogP contribution in [0.1, 0.15) is 133 Å². The number of ether oxygens (including phenoxy) is 5. The van der Waals surface area contributed by atoms with Crippen molar-refractivity contribution in [2.24, 2.45) is 0 Å². The second kappa shape index (κ2) is 33.0. The average Bonchev–Trinajstić information content (AvgIpc) is 1.65. The molecular formula is C70H83BCl3F5N3O14S. The average molecular weight is 1430 g/mol. The smallest absolute Gasteiger partial charge is 0.534 e. The van der Waals surface area contributed by atoms with E-state index in [-0.39, 0.29) is 63.6 Å². The summed E-state index contributed by atoms with van der Waals surface area (Å²) in [5.41, 5.74) is -0.778. The van der Waals surface area contributed by atoms with Crippen LogP contribution in [0.25, 0.3) is 18.2 Å². The number of esters is 2. The molecular weight excluding hydrogens is 1350 g/mol. The van der Waals surface area contributed by atoms with Gasteiger partial charge in [-0.05, 0) is 179 Å². The normalized spacial score (nSPS) is 17.5. The maximum atomic E-state index is 13.9. The first-order chi connectivity index (χ1) is 45.2. The summed E-state index contributed by atoms with van der Waals surface area (Å²) in [4.78, 5) is 41.3. The van der Waals surface area contributed by atoms with Crippen molar-refractivity contribution in [3.8, 4) is 28.7 Å². The number of hydrogen-bond acceptors (Lipinski definition) is 16. The van der Waals surface area contributed by atoms with Crippen molar-refractivity contribution in [3.63, 3.8) is 0 Å². The van der Waals surface area contributed by atoms with Gasteiger partial charge in [0.05, 0.1) is 49.1 Å². The zero-order chi connectivity index (χ0) is 69.9. The molecule has 27 heteroatoms. The van der Waals surface area contributed by atoms with Crippen LogP contribution in [-0.2, 0) is 50.2 Å². The lowest BCUT2D eigenvalue weighted by Crippen LogP contribution is -2.44. The van der Waals surface area contributed by atoms with Gasteiger partial charge in [-0.3, -0.25) is 14.4 Å². The Bertz CT molecular complexity index is 3680. The summed E-state index contributed by atoms with van der Waals surface area (Å²) in [6, 6.07) is 25.3. The first-order valence-corrected chi connectivity index (χ1v) is 33.9. The number of hydrogen-bond donors (Lipinski definition) is 2. The highest BCUT2D eigenvalue weighted by atomic mass is 35.5. The van der Waals surface area contributed by atoms with Gasteiger partial charge in [0.25, 0.3) is 0 Å². The van der Waals surface area contributed by atoms with Gasteiger partial charge >= 0.3 is 41.2 Å². The summed E-state index contributed by atoms with van der Waals surface area (Å²) in [6.07, 6.45) is 11.9. The molecule has 17 nitrogen and oxygen atoms in total. The van der Waals surface area contributed by atoms with E-state index < -0.39 is 44.4 Å². The molecule has 11 rings (SSSR count). The molecule has 0 aromatic heterocycles. The molecule has 0 atom stereocenters. The molecule has 0 amide bonds. The maximum absolute atomic E-state index is 13.9. The Morgan fingerprint density at radius 2 is 1.02 bits per heavy atom. The molecule has 0 saturated carbocycles. The lowest BCUT2D eigenvalue weighted by atomic mass is 9.74. The third-order valence-electron chi connectivity index (χ3n) is 17.6. The van der Waals surface area contributed by atoms with Crippen molar-refractivity contribution in [3.05, 3.63) is 153 Å². The Balaban J connectivity index is 0.000000190. The van der Waals surface area contributed by atoms with E-state index in [1.807, 2.05) is 65.8 Å². The minimum absolute atomic E-state index is 0. The predicted molar refractivity (Wildman–Crippen MR) is 364 cm³/mol. The van der Waals surface area contributed by atoms with Crippen molar-refractivity contribution in [1.82, 2.24) is 14.7 Å². The van der Waals surface area contributed by atoms with Crippen LogP contribution in [0.5, 0.6) is 28.7 Å². The highest BCUT2D eigenvalue weighted by Crippen LogP contribution is 2.49. The van der Waals surface area contributed by atoms with Gasteiger partial charge in [0.15, 0.2) is 11.6 Å².